The van der Waals surface area contributed by atoms with Gasteiger partial charge in [-0.1, -0.05) is 0 Å². The van der Waals surface area contributed by atoms with E-state index in [4.69, 9.17) is 5.11 Å². The summed E-state index contributed by atoms with van der Waals surface area (Å²) < 4.78 is 0. The smallest absolute Gasteiger partial charge is 0.329 e. The van der Waals surface area contributed by atoms with Gasteiger partial charge in [-0.2, -0.15) is 0 Å². The summed E-state index contributed by atoms with van der Waals surface area (Å²) in [6, 6.07) is 0. The van der Waals surface area contributed by atoms with Crippen LogP contribution in [0.4, 0.5) is 0 Å². The predicted molar refractivity (Wildman–Crippen MR) is 58.5 cm³/mol. The monoisotopic (exact) mass is 235 g/mol. The van der Waals surface area contributed by atoms with Crippen molar-refractivity contribution in [1.29, 1.82) is 0 Å². The van der Waals surface area contributed by atoms with E-state index in [1.54, 1.807) is 6.92 Å². The Labute approximate surface area is 98.1 Å². The fourth-order valence-electron chi connectivity index (χ4n) is 1.82. The molecule has 90 valence electrons. The molecule has 2 rings (SSSR count). The Kier molecular flexibility index (Phi) is 2.79. The van der Waals surface area contributed by atoms with Gasteiger partial charge >= 0.3 is 5.97 Å². The molecular weight excluding hydrogens is 222 g/mol. The van der Waals surface area contributed by atoms with Gasteiger partial charge in [-0.3, -0.25) is 4.79 Å². The van der Waals surface area contributed by atoms with Crippen LogP contribution in [0.2, 0.25) is 0 Å². The predicted octanol–water partition coefficient (Wildman–Crippen LogP) is 0.522. The highest BCUT2D eigenvalue weighted by atomic mass is 16.4. The van der Waals surface area contributed by atoms with Crippen LogP contribution in [0.5, 0.6) is 0 Å². The van der Waals surface area contributed by atoms with Crippen LogP contribution in [0, 0.1) is 6.92 Å². The quantitative estimate of drug-likeness (QED) is 0.796. The molecule has 0 aromatic carbocycles. The number of amides is 1. The molecule has 6 heteroatoms. The highest BCUT2D eigenvalue weighted by Crippen LogP contribution is 2.32. The van der Waals surface area contributed by atoms with Crippen molar-refractivity contribution in [3.63, 3.8) is 0 Å². The Hall–Kier alpha value is -1.98. The van der Waals surface area contributed by atoms with Crippen LogP contribution in [-0.2, 0) is 4.79 Å². The largest absolute Gasteiger partial charge is 0.480 e. The molecule has 0 aliphatic heterocycles. The molecule has 0 bridgehead atoms. The van der Waals surface area contributed by atoms with Crippen molar-refractivity contribution in [3.05, 3.63) is 23.8 Å². The fourth-order valence-corrected chi connectivity index (χ4v) is 1.82. The van der Waals surface area contributed by atoms with Gasteiger partial charge in [0.15, 0.2) is 0 Å². The Morgan fingerprint density at radius 2 is 2.18 bits per heavy atom. The summed E-state index contributed by atoms with van der Waals surface area (Å²) in [7, 11) is 0. The van der Waals surface area contributed by atoms with E-state index in [-0.39, 0.29) is 0 Å². The summed E-state index contributed by atoms with van der Waals surface area (Å²) >= 11 is 0. The molecular formula is C11H13N3O3. The number of aryl methyl sites for hydroxylation is 1. The lowest BCUT2D eigenvalue weighted by Crippen LogP contribution is -2.59. The molecule has 6 nitrogen and oxygen atoms in total. The van der Waals surface area contributed by atoms with Crippen molar-refractivity contribution in [1.82, 2.24) is 15.3 Å². The summed E-state index contributed by atoms with van der Waals surface area (Å²) in [5, 5.41) is 11.7. The number of nitrogens with zero attached hydrogens (tertiary/aromatic N) is 2. The molecule has 0 spiro atoms. The van der Waals surface area contributed by atoms with E-state index in [0.29, 0.717) is 24.1 Å². The number of rotatable bonds is 3. The molecule has 1 saturated carbocycles. The van der Waals surface area contributed by atoms with E-state index in [0.717, 1.165) is 6.42 Å². The lowest BCUT2D eigenvalue weighted by atomic mass is 9.76. The molecule has 1 aromatic heterocycles. The summed E-state index contributed by atoms with van der Waals surface area (Å²) in [6.45, 7) is 1.69. The first-order valence-corrected chi connectivity index (χ1v) is 5.38. The molecule has 1 heterocycles. The van der Waals surface area contributed by atoms with Crippen molar-refractivity contribution in [2.24, 2.45) is 0 Å². The van der Waals surface area contributed by atoms with Crippen molar-refractivity contribution < 1.29 is 14.7 Å². The van der Waals surface area contributed by atoms with Gasteiger partial charge in [0.25, 0.3) is 5.91 Å². The summed E-state index contributed by atoms with van der Waals surface area (Å²) in [5.74, 6) is -1.41. The molecule has 1 fully saturated rings. The lowest BCUT2D eigenvalue weighted by molar-refractivity contribution is -0.148. The highest BCUT2D eigenvalue weighted by Gasteiger charge is 2.45. The Morgan fingerprint density at radius 1 is 1.47 bits per heavy atom. The summed E-state index contributed by atoms with van der Waals surface area (Å²) in [5.41, 5.74) is -0.239. The molecule has 1 aliphatic rings. The van der Waals surface area contributed by atoms with Gasteiger partial charge in [0, 0.05) is 6.20 Å². The third-order valence-electron chi connectivity index (χ3n) is 3.13. The van der Waals surface area contributed by atoms with Gasteiger partial charge in [-0.15, -0.1) is 0 Å². The van der Waals surface area contributed by atoms with Crippen LogP contribution in [0.3, 0.4) is 0 Å². The highest BCUT2D eigenvalue weighted by molar-refractivity contribution is 5.98. The number of carboxylic acid groups (broad SMARTS) is 1. The number of carbonyl (C=O) groups excluding carboxylic acids is 1. The number of nitrogens with one attached hydrogen (secondary N) is 1. The first-order valence-electron chi connectivity index (χ1n) is 5.38. The molecule has 1 aliphatic carbocycles. The van der Waals surface area contributed by atoms with Crippen molar-refractivity contribution in [2.75, 3.05) is 0 Å². The first kappa shape index (κ1) is 11.5. The van der Waals surface area contributed by atoms with E-state index < -0.39 is 17.4 Å². The minimum absolute atomic E-state index is 0.319. The standard InChI is InChI=1S/C11H13N3O3/c1-7-8(5-12-6-13-7)9(15)14-11(10(16)17)3-2-4-11/h5-6H,2-4H2,1H3,(H,14,15)(H,16,17). The number of hydrogen-bond donors (Lipinski definition) is 2. The van der Waals surface area contributed by atoms with Gasteiger partial charge in [0.2, 0.25) is 0 Å². The van der Waals surface area contributed by atoms with E-state index in [1.807, 2.05) is 0 Å². The number of hydrogen-bond acceptors (Lipinski definition) is 4. The second-order valence-corrected chi connectivity index (χ2v) is 4.22. The fraction of sp³-hybridized carbons (Fsp3) is 0.455. The average molecular weight is 235 g/mol. The van der Waals surface area contributed by atoms with Gasteiger partial charge in [-0.25, -0.2) is 14.8 Å². The molecule has 0 atom stereocenters. The normalized spacial score (nSPS) is 17.0. The van der Waals surface area contributed by atoms with Crippen LogP contribution in [0.1, 0.15) is 35.3 Å². The molecule has 0 unspecified atom stereocenters. The maximum Gasteiger partial charge on any atom is 0.329 e. The summed E-state index contributed by atoms with van der Waals surface area (Å²) in [6.07, 6.45) is 4.51. The number of aromatic nitrogens is 2. The Bertz CT molecular complexity index is 469. The lowest BCUT2D eigenvalue weighted by Gasteiger charge is -2.38. The SMILES string of the molecule is Cc1ncncc1C(=O)NC1(C(=O)O)CCC1. The number of aliphatic carboxylic acids is 1. The topological polar surface area (TPSA) is 92.2 Å². The van der Waals surface area contributed by atoms with Gasteiger partial charge in [-0.05, 0) is 26.2 Å². The van der Waals surface area contributed by atoms with Gasteiger partial charge in [0.1, 0.15) is 11.9 Å². The number of carboxylic acids is 1. The van der Waals surface area contributed by atoms with E-state index in [1.165, 1.54) is 12.5 Å². The zero-order chi connectivity index (χ0) is 12.5. The minimum Gasteiger partial charge on any atom is -0.480 e. The maximum atomic E-state index is 11.9. The third-order valence-corrected chi connectivity index (χ3v) is 3.13. The van der Waals surface area contributed by atoms with Crippen molar-refractivity contribution in [2.45, 2.75) is 31.7 Å². The van der Waals surface area contributed by atoms with Crippen LogP contribution in [0.25, 0.3) is 0 Å². The van der Waals surface area contributed by atoms with Crippen LogP contribution >= 0.6 is 0 Å². The molecule has 1 aromatic rings. The van der Waals surface area contributed by atoms with E-state index >= 15 is 0 Å². The van der Waals surface area contributed by atoms with Crippen LogP contribution in [0.15, 0.2) is 12.5 Å². The zero-order valence-corrected chi connectivity index (χ0v) is 9.43. The van der Waals surface area contributed by atoms with Crippen molar-refractivity contribution >= 4 is 11.9 Å². The van der Waals surface area contributed by atoms with E-state index in [9.17, 15) is 9.59 Å². The van der Waals surface area contributed by atoms with E-state index in [2.05, 4.69) is 15.3 Å². The molecule has 0 saturated heterocycles. The van der Waals surface area contributed by atoms with Crippen LogP contribution in [-0.4, -0.2) is 32.5 Å². The summed E-state index contributed by atoms with van der Waals surface area (Å²) in [4.78, 5) is 30.7. The van der Waals surface area contributed by atoms with Crippen LogP contribution < -0.4 is 5.32 Å². The maximum absolute atomic E-state index is 11.9. The Balaban J connectivity index is 2.17. The average Bonchev–Trinajstić information content (AvgIpc) is 2.23. The number of carbonyl (C=O) groups is 2. The first-order chi connectivity index (χ1) is 8.05. The molecule has 2 N–H and O–H groups in total. The molecule has 17 heavy (non-hydrogen) atoms. The molecule has 0 radical (unpaired) electrons. The molecule has 1 amide bonds. The minimum atomic E-state index is -1.10. The van der Waals surface area contributed by atoms with Gasteiger partial charge in [0.05, 0.1) is 11.3 Å². The zero-order valence-electron chi connectivity index (χ0n) is 9.43. The van der Waals surface area contributed by atoms with Gasteiger partial charge < -0.3 is 10.4 Å². The second kappa shape index (κ2) is 4.12. The van der Waals surface area contributed by atoms with Crippen molar-refractivity contribution in [3.8, 4) is 0 Å². The third kappa shape index (κ3) is 1.98. The second-order valence-electron chi connectivity index (χ2n) is 4.22. The Morgan fingerprint density at radius 3 is 2.65 bits per heavy atom.